The summed E-state index contributed by atoms with van der Waals surface area (Å²) in [6, 6.07) is 0. The Bertz CT molecular complexity index is 423. The summed E-state index contributed by atoms with van der Waals surface area (Å²) in [4.78, 5) is 16.5. The number of amides is 1. The Morgan fingerprint density at radius 3 is 2.71 bits per heavy atom. The monoisotopic (exact) mass is 308 g/mol. The fourth-order valence-electron chi connectivity index (χ4n) is 1.64. The molecule has 0 radical (unpaired) electrons. The predicted octanol–water partition coefficient (Wildman–Crippen LogP) is -2.61. The number of ether oxygens (including phenoxy) is 1. The van der Waals surface area contributed by atoms with Crippen molar-refractivity contribution in [3.05, 3.63) is 15.2 Å². The fourth-order valence-corrected chi connectivity index (χ4v) is 3.48. The van der Waals surface area contributed by atoms with Gasteiger partial charge in [0, 0.05) is 0 Å². The topological polar surface area (TPSA) is 126 Å². The number of hydrogen-bond donors (Lipinski definition) is 4. The molecule has 17 heavy (non-hydrogen) atoms. The van der Waals surface area contributed by atoms with Crippen molar-refractivity contribution in [1.82, 2.24) is 4.98 Å². The summed E-state index contributed by atoms with van der Waals surface area (Å²) in [7, 11) is 0. The quantitative estimate of drug-likeness (QED) is 0.453. The van der Waals surface area contributed by atoms with E-state index >= 15 is 0 Å². The molecule has 1 aliphatic rings. The molecule has 1 aromatic rings. The number of carbonyl (C=O) groups excluding carboxylic acids is 1. The summed E-state index contributed by atoms with van der Waals surface area (Å²) in [6.45, 7) is -0.384. The second-order valence-electron chi connectivity index (χ2n) is 3.69. The average molecular weight is 307 g/mol. The van der Waals surface area contributed by atoms with Gasteiger partial charge in [0.25, 0.3) is 0 Å². The first-order chi connectivity index (χ1) is 8.04. The van der Waals surface area contributed by atoms with E-state index in [2.05, 4.69) is 4.98 Å². The van der Waals surface area contributed by atoms with E-state index in [1.807, 2.05) is 0 Å². The molecule has 1 saturated heterocycles. The molecule has 7 nitrogen and oxygen atoms in total. The first-order valence-corrected chi connectivity index (χ1v) is 6.77. The molecule has 0 spiro atoms. The molecule has 5 N–H and O–H groups in total. The first-order valence-electron chi connectivity index (χ1n) is 4.92. The molecule has 0 bridgehead atoms. The van der Waals surface area contributed by atoms with Crippen molar-refractivity contribution in [3.63, 3.8) is 0 Å². The summed E-state index contributed by atoms with van der Waals surface area (Å²) in [5, 5.41) is 28.3. The fraction of sp³-hybridized carbons (Fsp3) is 0.556. The Morgan fingerprint density at radius 2 is 2.24 bits per heavy atom. The van der Waals surface area contributed by atoms with Gasteiger partial charge in [-0.1, -0.05) is 0 Å². The van der Waals surface area contributed by atoms with Crippen LogP contribution in [-0.4, -0.2) is 65.6 Å². The molecular weight excluding hydrogens is 295 g/mol. The van der Waals surface area contributed by atoms with Gasteiger partial charge in [0.15, 0.2) is 0 Å². The van der Waals surface area contributed by atoms with Crippen molar-refractivity contribution in [3.8, 4) is 0 Å². The molecule has 8 heteroatoms. The SMILES string of the molecule is NC(=O)c1c[se]c([C@@H]2O[C@H](CO)[C@@H](O)[C@H]2O)n1. The number of hydrogen-bond acceptors (Lipinski definition) is 6. The number of aliphatic hydroxyl groups is 3. The van der Waals surface area contributed by atoms with Crippen LogP contribution in [0.1, 0.15) is 21.2 Å². The van der Waals surface area contributed by atoms with Crippen molar-refractivity contribution < 1.29 is 24.9 Å². The molecule has 1 fully saturated rings. The minimum atomic E-state index is -1.15. The van der Waals surface area contributed by atoms with Gasteiger partial charge in [-0.05, 0) is 0 Å². The molecule has 0 saturated carbocycles. The summed E-state index contributed by atoms with van der Waals surface area (Å²) in [5.74, 6) is -0.631. The number of nitrogens with zero attached hydrogens (tertiary/aromatic N) is 1. The third kappa shape index (κ3) is 2.28. The number of aromatic nitrogens is 1. The second-order valence-corrected chi connectivity index (χ2v) is 5.56. The zero-order chi connectivity index (χ0) is 12.6. The number of nitrogens with two attached hydrogens (primary N) is 1. The van der Waals surface area contributed by atoms with Gasteiger partial charge in [-0.2, -0.15) is 0 Å². The molecule has 2 heterocycles. The van der Waals surface area contributed by atoms with Crippen LogP contribution in [0.15, 0.2) is 4.94 Å². The number of carbonyl (C=O) groups is 1. The maximum atomic E-state index is 10.9. The standard InChI is InChI=1S/C9H12N2O5Se/c10-8(15)3-2-17-9(11-3)7-6(14)5(13)4(1-12)16-7/h2,4-7,12-14H,1H2,(H2,10,15)/t4-,5-,6-,7-/m1/s1. The zero-order valence-electron chi connectivity index (χ0n) is 8.68. The summed E-state index contributed by atoms with van der Waals surface area (Å²) < 4.78 is 5.79. The summed E-state index contributed by atoms with van der Waals surface area (Å²) in [6.07, 6.45) is -3.91. The Morgan fingerprint density at radius 1 is 1.53 bits per heavy atom. The van der Waals surface area contributed by atoms with E-state index in [1.165, 1.54) is 0 Å². The van der Waals surface area contributed by atoms with Crippen LogP contribution < -0.4 is 5.73 Å². The van der Waals surface area contributed by atoms with E-state index in [1.54, 1.807) is 4.94 Å². The van der Waals surface area contributed by atoms with Crippen LogP contribution in [-0.2, 0) is 4.74 Å². The predicted molar refractivity (Wildman–Crippen MR) is 56.4 cm³/mol. The molecule has 0 aliphatic carbocycles. The van der Waals surface area contributed by atoms with E-state index < -0.39 is 30.3 Å². The molecule has 0 unspecified atom stereocenters. The van der Waals surface area contributed by atoms with Crippen LogP contribution in [0.4, 0.5) is 0 Å². The average Bonchev–Trinajstić information content (AvgIpc) is 2.87. The number of aliphatic hydroxyl groups excluding tert-OH is 3. The second kappa shape index (κ2) is 4.85. The van der Waals surface area contributed by atoms with Gasteiger partial charge < -0.3 is 0 Å². The van der Waals surface area contributed by atoms with E-state index in [0.717, 1.165) is 0 Å². The van der Waals surface area contributed by atoms with Crippen LogP contribution in [0.3, 0.4) is 0 Å². The number of rotatable bonds is 3. The van der Waals surface area contributed by atoms with E-state index in [9.17, 15) is 15.0 Å². The van der Waals surface area contributed by atoms with Crippen molar-refractivity contribution in [2.75, 3.05) is 6.61 Å². The summed E-state index contributed by atoms with van der Waals surface area (Å²) in [5.41, 5.74) is 5.23. The molecule has 1 aliphatic heterocycles. The molecular formula is C9H12N2O5Se. The maximum absolute atomic E-state index is 10.9. The number of primary amides is 1. The molecule has 1 aromatic heterocycles. The minimum absolute atomic E-state index is 0.151. The summed E-state index contributed by atoms with van der Waals surface area (Å²) >= 11 is -0.236. The third-order valence-corrected chi connectivity index (χ3v) is 4.46. The van der Waals surface area contributed by atoms with Crippen LogP contribution in [0.2, 0.25) is 0 Å². The van der Waals surface area contributed by atoms with Gasteiger partial charge in [0.1, 0.15) is 0 Å². The van der Waals surface area contributed by atoms with Crippen molar-refractivity contribution in [2.24, 2.45) is 5.73 Å². The molecule has 1 amide bonds. The van der Waals surface area contributed by atoms with Crippen LogP contribution in [0.25, 0.3) is 0 Å². The van der Waals surface area contributed by atoms with Gasteiger partial charge in [-0.25, -0.2) is 0 Å². The van der Waals surface area contributed by atoms with Crippen LogP contribution in [0.5, 0.6) is 0 Å². The molecule has 0 aromatic carbocycles. The van der Waals surface area contributed by atoms with E-state index in [4.69, 9.17) is 15.6 Å². The van der Waals surface area contributed by atoms with E-state index in [-0.39, 0.29) is 26.8 Å². The Labute approximate surface area is 103 Å². The van der Waals surface area contributed by atoms with Crippen molar-refractivity contribution in [2.45, 2.75) is 24.4 Å². The molecule has 94 valence electrons. The van der Waals surface area contributed by atoms with Crippen LogP contribution >= 0.6 is 0 Å². The van der Waals surface area contributed by atoms with Crippen molar-refractivity contribution >= 4 is 20.4 Å². The van der Waals surface area contributed by atoms with Gasteiger partial charge >= 0.3 is 102 Å². The Hall–Kier alpha value is -0.761. The Kier molecular flexibility index (Phi) is 3.62. The molecule has 2 rings (SSSR count). The zero-order valence-corrected chi connectivity index (χ0v) is 10.4. The van der Waals surface area contributed by atoms with Crippen molar-refractivity contribution in [1.29, 1.82) is 0 Å². The van der Waals surface area contributed by atoms with E-state index in [0.29, 0.717) is 4.57 Å². The van der Waals surface area contributed by atoms with Crippen LogP contribution in [0, 0.1) is 0 Å². The first kappa shape index (κ1) is 12.7. The van der Waals surface area contributed by atoms with Gasteiger partial charge in [-0.15, -0.1) is 0 Å². The molecule has 4 atom stereocenters. The van der Waals surface area contributed by atoms with Gasteiger partial charge in [0.2, 0.25) is 0 Å². The van der Waals surface area contributed by atoms with Gasteiger partial charge in [-0.3, -0.25) is 0 Å². The Balaban J connectivity index is 2.19. The normalized spacial score (nSPS) is 32.9. The van der Waals surface area contributed by atoms with Gasteiger partial charge in [0.05, 0.1) is 0 Å². The third-order valence-electron chi connectivity index (χ3n) is 2.56.